The van der Waals surface area contributed by atoms with E-state index in [4.69, 9.17) is 0 Å². The van der Waals surface area contributed by atoms with Crippen LogP contribution < -0.4 is 0 Å². The topological polar surface area (TPSA) is 60.8 Å². The smallest absolute Gasteiger partial charge is 0.254 e. The molecule has 1 amide bonds. The van der Waals surface area contributed by atoms with E-state index in [2.05, 4.69) is 0 Å². The van der Waals surface area contributed by atoms with E-state index < -0.39 is 18.0 Å². The Morgan fingerprint density at radius 2 is 1.61 bits per heavy atom. The monoisotopic (exact) mass is 255 g/mol. The van der Waals surface area contributed by atoms with Crippen molar-refractivity contribution in [3.8, 4) is 0 Å². The third-order valence-corrected chi connectivity index (χ3v) is 2.35. The fraction of sp³-hybridized carbons (Fsp3) is 0.462. The molecule has 0 spiro atoms. The van der Waals surface area contributed by atoms with E-state index in [1.54, 1.807) is 13.8 Å². The van der Waals surface area contributed by atoms with Crippen LogP contribution in [-0.2, 0) is 0 Å². The molecule has 1 aromatic carbocycles. The Hall–Kier alpha value is -1.46. The second kappa shape index (κ2) is 6.47. The Bertz CT molecular complexity index is 380. The first-order chi connectivity index (χ1) is 8.40. The van der Waals surface area contributed by atoms with Gasteiger partial charge in [-0.1, -0.05) is 0 Å². The summed E-state index contributed by atoms with van der Waals surface area (Å²) >= 11 is 0. The highest BCUT2D eigenvalue weighted by Crippen LogP contribution is 2.08. The number of aliphatic hydroxyl groups is 2. The molecule has 0 aromatic heterocycles. The van der Waals surface area contributed by atoms with Gasteiger partial charge in [0.15, 0.2) is 0 Å². The molecule has 0 aliphatic carbocycles. The fourth-order valence-electron chi connectivity index (χ4n) is 1.65. The third-order valence-electron chi connectivity index (χ3n) is 2.35. The van der Waals surface area contributed by atoms with Gasteiger partial charge in [0.25, 0.3) is 5.91 Å². The van der Waals surface area contributed by atoms with Crippen LogP contribution in [0.3, 0.4) is 0 Å². The molecule has 0 saturated heterocycles. The van der Waals surface area contributed by atoms with Crippen LogP contribution in [0.1, 0.15) is 24.2 Å². The van der Waals surface area contributed by atoms with Gasteiger partial charge >= 0.3 is 0 Å². The zero-order valence-electron chi connectivity index (χ0n) is 10.5. The second-order valence-corrected chi connectivity index (χ2v) is 4.42. The summed E-state index contributed by atoms with van der Waals surface area (Å²) in [6.07, 6.45) is -1.37. The lowest BCUT2D eigenvalue weighted by Crippen LogP contribution is -2.40. The van der Waals surface area contributed by atoms with Gasteiger partial charge in [-0.25, -0.2) is 4.39 Å². The number of carbonyl (C=O) groups excluding carboxylic acids is 1. The van der Waals surface area contributed by atoms with Crippen molar-refractivity contribution in [3.63, 3.8) is 0 Å². The molecular formula is C13H18FNO3. The molecule has 100 valence electrons. The van der Waals surface area contributed by atoms with Gasteiger partial charge in [-0.05, 0) is 38.1 Å². The van der Waals surface area contributed by atoms with Crippen molar-refractivity contribution in [1.82, 2.24) is 4.90 Å². The third kappa shape index (κ3) is 4.43. The molecule has 2 atom stereocenters. The SMILES string of the molecule is CC(O)CN(CC(C)O)C(=O)c1ccc(F)cc1. The van der Waals surface area contributed by atoms with E-state index in [9.17, 15) is 19.4 Å². The molecule has 5 heteroatoms. The molecule has 0 saturated carbocycles. The first kappa shape index (κ1) is 14.6. The van der Waals surface area contributed by atoms with Gasteiger partial charge in [0.05, 0.1) is 12.2 Å². The fourth-order valence-corrected chi connectivity index (χ4v) is 1.65. The average Bonchev–Trinajstić information content (AvgIpc) is 2.27. The quantitative estimate of drug-likeness (QED) is 0.826. The second-order valence-electron chi connectivity index (χ2n) is 4.42. The first-order valence-corrected chi connectivity index (χ1v) is 5.81. The van der Waals surface area contributed by atoms with E-state index in [0.717, 1.165) is 0 Å². The summed E-state index contributed by atoms with van der Waals surface area (Å²) < 4.78 is 12.8. The number of rotatable bonds is 5. The van der Waals surface area contributed by atoms with Gasteiger partial charge in [0, 0.05) is 18.7 Å². The number of hydrogen-bond donors (Lipinski definition) is 2. The van der Waals surface area contributed by atoms with Crippen molar-refractivity contribution in [2.75, 3.05) is 13.1 Å². The molecule has 1 aromatic rings. The molecule has 1 rings (SSSR count). The maximum atomic E-state index is 12.8. The lowest BCUT2D eigenvalue weighted by molar-refractivity contribution is 0.0518. The van der Waals surface area contributed by atoms with Gasteiger partial charge in [0.1, 0.15) is 5.82 Å². The van der Waals surface area contributed by atoms with Gasteiger partial charge in [-0.3, -0.25) is 4.79 Å². The lowest BCUT2D eigenvalue weighted by Gasteiger charge is -2.25. The molecule has 0 bridgehead atoms. The number of carbonyl (C=O) groups is 1. The summed E-state index contributed by atoms with van der Waals surface area (Å²) in [7, 11) is 0. The number of halogens is 1. The Kier molecular flexibility index (Phi) is 5.25. The first-order valence-electron chi connectivity index (χ1n) is 5.81. The van der Waals surface area contributed by atoms with E-state index in [0.29, 0.717) is 5.56 Å². The van der Waals surface area contributed by atoms with Crippen molar-refractivity contribution in [2.24, 2.45) is 0 Å². The van der Waals surface area contributed by atoms with E-state index in [-0.39, 0.29) is 19.0 Å². The Morgan fingerprint density at radius 3 is 2.00 bits per heavy atom. The van der Waals surface area contributed by atoms with Crippen LogP contribution in [0.5, 0.6) is 0 Å². The van der Waals surface area contributed by atoms with Crippen LogP contribution in [0.15, 0.2) is 24.3 Å². The molecule has 2 N–H and O–H groups in total. The highest BCUT2D eigenvalue weighted by Gasteiger charge is 2.18. The highest BCUT2D eigenvalue weighted by molar-refractivity contribution is 5.94. The highest BCUT2D eigenvalue weighted by atomic mass is 19.1. The summed E-state index contributed by atoms with van der Waals surface area (Å²) in [4.78, 5) is 13.5. The number of amides is 1. The molecule has 0 radical (unpaired) electrons. The zero-order valence-corrected chi connectivity index (χ0v) is 10.5. The summed E-state index contributed by atoms with van der Waals surface area (Å²) in [6.45, 7) is 3.38. The zero-order chi connectivity index (χ0) is 13.7. The van der Waals surface area contributed by atoms with E-state index in [1.165, 1.54) is 29.2 Å². The molecule has 4 nitrogen and oxygen atoms in total. The van der Waals surface area contributed by atoms with Gasteiger partial charge < -0.3 is 15.1 Å². The molecule has 18 heavy (non-hydrogen) atoms. The minimum absolute atomic E-state index is 0.126. The number of hydrogen-bond acceptors (Lipinski definition) is 3. The molecule has 0 aliphatic heterocycles. The summed E-state index contributed by atoms with van der Waals surface area (Å²) in [6, 6.07) is 5.18. The Morgan fingerprint density at radius 1 is 1.17 bits per heavy atom. The molecular weight excluding hydrogens is 237 g/mol. The lowest BCUT2D eigenvalue weighted by atomic mass is 10.1. The van der Waals surface area contributed by atoms with Crippen LogP contribution in [-0.4, -0.2) is 46.3 Å². The van der Waals surface area contributed by atoms with Crippen LogP contribution in [0, 0.1) is 5.82 Å². The van der Waals surface area contributed by atoms with Crippen molar-refractivity contribution < 1.29 is 19.4 Å². The van der Waals surface area contributed by atoms with Crippen LogP contribution in [0.4, 0.5) is 4.39 Å². The summed E-state index contributed by atoms with van der Waals surface area (Å²) in [5.41, 5.74) is 0.331. The number of benzene rings is 1. The molecule has 0 heterocycles. The van der Waals surface area contributed by atoms with Crippen molar-refractivity contribution >= 4 is 5.91 Å². The molecule has 0 aliphatic rings. The minimum Gasteiger partial charge on any atom is -0.392 e. The van der Waals surface area contributed by atoms with Crippen LogP contribution in [0.25, 0.3) is 0 Å². The van der Waals surface area contributed by atoms with E-state index in [1.807, 2.05) is 0 Å². The normalized spacial score (nSPS) is 14.1. The van der Waals surface area contributed by atoms with Gasteiger partial charge in [-0.15, -0.1) is 0 Å². The van der Waals surface area contributed by atoms with Crippen molar-refractivity contribution in [2.45, 2.75) is 26.1 Å². The summed E-state index contributed by atoms with van der Waals surface area (Å²) in [5, 5.41) is 18.7. The van der Waals surface area contributed by atoms with Crippen LogP contribution in [0.2, 0.25) is 0 Å². The van der Waals surface area contributed by atoms with Gasteiger partial charge in [0.2, 0.25) is 0 Å². The van der Waals surface area contributed by atoms with E-state index >= 15 is 0 Å². The maximum absolute atomic E-state index is 12.8. The molecule has 2 unspecified atom stereocenters. The maximum Gasteiger partial charge on any atom is 0.254 e. The Labute approximate surface area is 106 Å². The van der Waals surface area contributed by atoms with Crippen LogP contribution >= 0.6 is 0 Å². The van der Waals surface area contributed by atoms with Gasteiger partial charge in [-0.2, -0.15) is 0 Å². The number of nitrogens with zero attached hydrogens (tertiary/aromatic N) is 1. The standard InChI is InChI=1S/C13H18FNO3/c1-9(16)7-15(8-10(2)17)13(18)11-3-5-12(14)6-4-11/h3-6,9-10,16-17H,7-8H2,1-2H3. The van der Waals surface area contributed by atoms with Crippen molar-refractivity contribution in [3.05, 3.63) is 35.6 Å². The Balaban J connectivity index is 2.83. The minimum atomic E-state index is -0.687. The number of aliphatic hydroxyl groups excluding tert-OH is 2. The predicted octanol–water partition coefficient (Wildman–Crippen LogP) is 1.03. The largest absolute Gasteiger partial charge is 0.392 e. The average molecular weight is 255 g/mol. The predicted molar refractivity (Wildman–Crippen MR) is 65.7 cm³/mol. The summed E-state index contributed by atoms with van der Waals surface area (Å²) in [5.74, 6) is -0.749. The van der Waals surface area contributed by atoms with Crippen molar-refractivity contribution in [1.29, 1.82) is 0 Å². The molecule has 0 fully saturated rings.